The molecule has 1 heterocycles. The molecule has 3 heteroatoms. The summed E-state index contributed by atoms with van der Waals surface area (Å²) in [6.45, 7) is 2.12. The molecule has 0 fully saturated rings. The molecule has 1 aromatic rings. The number of nitrogens with zero attached hydrogens (tertiary/aromatic N) is 1. The number of rotatable bonds is 1. The average molecular weight is 262 g/mol. The van der Waals surface area contributed by atoms with Crippen molar-refractivity contribution >= 4 is 32.7 Å². The zero-order chi connectivity index (χ0) is 7.78. The summed E-state index contributed by atoms with van der Waals surface area (Å²) in [5.74, 6) is 0. The second-order valence-electron chi connectivity index (χ2n) is 3.53. The van der Waals surface area contributed by atoms with E-state index in [0.717, 1.165) is 0 Å². The summed E-state index contributed by atoms with van der Waals surface area (Å²) >= 11 is 0.0928. The van der Waals surface area contributed by atoms with Crippen LogP contribution in [0.1, 0.15) is 4.88 Å². The van der Waals surface area contributed by atoms with Gasteiger partial charge in [-0.05, 0) is 0 Å². The van der Waals surface area contributed by atoms with Crippen LogP contribution >= 0.6 is 11.3 Å². The molecule has 0 amide bonds. The molecule has 0 atom stereocenters. The molecule has 0 aliphatic heterocycles. The summed E-state index contributed by atoms with van der Waals surface area (Å²) < 4.78 is 1.44. The summed E-state index contributed by atoms with van der Waals surface area (Å²) in [6.07, 6.45) is 1.99. The summed E-state index contributed by atoms with van der Waals surface area (Å²) in [5.41, 5.74) is 0. The van der Waals surface area contributed by atoms with Gasteiger partial charge in [-0.2, -0.15) is 0 Å². The number of hydrogen-bond acceptors (Lipinski definition) is 2. The first-order chi connectivity index (χ1) is 4.50. The molecule has 0 aliphatic rings. The maximum atomic E-state index is 4.40. The maximum absolute atomic E-state index is 4.40. The van der Waals surface area contributed by atoms with E-state index in [1.807, 2.05) is 17.5 Å². The first kappa shape index (κ1) is 8.52. The van der Waals surface area contributed by atoms with Gasteiger partial charge in [0.25, 0.3) is 0 Å². The van der Waals surface area contributed by atoms with Crippen LogP contribution in [0.15, 0.2) is 6.20 Å². The van der Waals surface area contributed by atoms with E-state index >= 15 is 0 Å². The number of aryl methyl sites for hydroxylation is 1. The Balaban J connectivity index is 2.96. The van der Waals surface area contributed by atoms with Gasteiger partial charge in [-0.1, -0.05) is 0 Å². The SMILES string of the molecule is Cc1cn[c]([Sn]([CH3])([CH3])[CH3])s1. The van der Waals surface area contributed by atoms with Gasteiger partial charge in [-0.3, -0.25) is 0 Å². The number of thiazole rings is 1. The van der Waals surface area contributed by atoms with E-state index in [4.69, 9.17) is 0 Å². The first-order valence-corrected chi connectivity index (χ1v) is 14.2. The third-order valence-corrected chi connectivity index (χ3v) is 11.0. The van der Waals surface area contributed by atoms with Gasteiger partial charge in [0, 0.05) is 0 Å². The summed E-state index contributed by atoms with van der Waals surface area (Å²) in [4.78, 5) is 12.9. The summed E-state index contributed by atoms with van der Waals surface area (Å²) in [5, 5.41) is 0. The van der Waals surface area contributed by atoms with E-state index in [2.05, 4.69) is 26.7 Å². The van der Waals surface area contributed by atoms with Crippen molar-refractivity contribution < 1.29 is 0 Å². The third-order valence-electron chi connectivity index (χ3n) is 1.26. The van der Waals surface area contributed by atoms with Gasteiger partial charge in [0.2, 0.25) is 0 Å². The molecule has 1 rings (SSSR count). The van der Waals surface area contributed by atoms with Gasteiger partial charge in [0.1, 0.15) is 0 Å². The molecule has 56 valence electrons. The number of hydrogen-bond donors (Lipinski definition) is 0. The molecule has 0 radical (unpaired) electrons. The van der Waals surface area contributed by atoms with Crippen LogP contribution < -0.4 is 3.02 Å². The molecule has 0 saturated heterocycles. The molecule has 1 aromatic heterocycles. The molecule has 0 aliphatic carbocycles. The molecular formula is C7H13NSSn. The fourth-order valence-corrected chi connectivity index (χ4v) is 6.81. The normalized spacial score (nSPS) is 12.0. The molecular weight excluding hydrogens is 249 g/mol. The van der Waals surface area contributed by atoms with Gasteiger partial charge in [-0.25, -0.2) is 0 Å². The molecule has 10 heavy (non-hydrogen) atoms. The Morgan fingerprint density at radius 3 is 2.20 bits per heavy atom. The van der Waals surface area contributed by atoms with Crippen LogP contribution in [0.3, 0.4) is 0 Å². The van der Waals surface area contributed by atoms with Crippen molar-refractivity contribution in [2.75, 3.05) is 0 Å². The quantitative estimate of drug-likeness (QED) is 0.705. The predicted octanol–water partition coefficient (Wildman–Crippen LogP) is 2.00. The van der Waals surface area contributed by atoms with Gasteiger partial charge < -0.3 is 0 Å². The Kier molecular flexibility index (Phi) is 2.40. The minimum atomic E-state index is -1.78. The molecule has 0 saturated carbocycles. The van der Waals surface area contributed by atoms with Crippen molar-refractivity contribution in [3.05, 3.63) is 11.1 Å². The molecule has 0 bridgehead atoms. The molecule has 0 unspecified atom stereocenters. The van der Waals surface area contributed by atoms with Gasteiger partial charge in [0.15, 0.2) is 0 Å². The van der Waals surface area contributed by atoms with Gasteiger partial charge >= 0.3 is 70.5 Å². The summed E-state index contributed by atoms with van der Waals surface area (Å²) in [7, 11) is 0. The predicted molar refractivity (Wildman–Crippen MR) is 49.8 cm³/mol. The Bertz CT molecular complexity index is 224. The first-order valence-electron chi connectivity index (χ1n) is 3.43. The standard InChI is InChI=1S/C4H4NS.3CH3.Sn/c1-4-2-5-3-6-4;;;;/h2H,1H3;3*1H3;. The molecule has 0 aromatic carbocycles. The van der Waals surface area contributed by atoms with Crippen molar-refractivity contribution in [3.63, 3.8) is 0 Å². The van der Waals surface area contributed by atoms with E-state index in [1.165, 1.54) is 7.90 Å². The molecule has 0 N–H and O–H groups in total. The fourth-order valence-electron chi connectivity index (χ4n) is 0.701. The average Bonchev–Trinajstić information content (AvgIpc) is 2.11. The zero-order valence-corrected chi connectivity index (χ0v) is 10.6. The topological polar surface area (TPSA) is 12.9 Å². The fraction of sp³-hybridized carbons (Fsp3) is 0.571. The van der Waals surface area contributed by atoms with Crippen molar-refractivity contribution in [2.24, 2.45) is 0 Å². The van der Waals surface area contributed by atoms with E-state index in [1.54, 1.807) is 0 Å². The van der Waals surface area contributed by atoms with Crippen LogP contribution in [-0.2, 0) is 0 Å². The van der Waals surface area contributed by atoms with E-state index < -0.39 is 18.4 Å². The van der Waals surface area contributed by atoms with Crippen LogP contribution in [0.5, 0.6) is 0 Å². The Hall–Kier alpha value is 0.429. The van der Waals surface area contributed by atoms with Gasteiger partial charge in [0.05, 0.1) is 0 Å². The zero-order valence-electron chi connectivity index (χ0n) is 6.93. The molecule has 0 spiro atoms. The van der Waals surface area contributed by atoms with Gasteiger partial charge in [-0.15, -0.1) is 0 Å². The van der Waals surface area contributed by atoms with E-state index in [9.17, 15) is 0 Å². The van der Waals surface area contributed by atoms with E-state index in [-0.39, 0.29) is 0 Å². The van der Waals surface area contributed by atoms with Crippen molar-refractivity contribution in [2.45, 2.75) is 21.7 Å². The van der Waals surface area contributed by atoms with Crippen LogP contribution in [0.2, 0.25) is 14.8 Å². The van der Waals surface area contributed by atoms with Crippen molar-refractivity contribution in [3.8, 4) is 0 Å². The Labute approximate surface area is 70.4 Å². The van der Waals surface area contributed by atoms with Crippen LogP contribution in [-0.4, -0.2) is 23.4 Å². The van der Waals surface area contributed by atoms with Crippen LogP contribution in [0, 0.1) is 6.92 Å². The van der Waals surface area contributed by atoms with Crippen LogP contribution in [0.25, 0.3) is 0 Å². The Morgan fingerprint density at radius 1 is 1.40 bits per heavy atom. The van der Waals surface area contributed by atoms with E-state index in [0.29, 0.717) is 0 Å². The monoisotopic (exact) mass is 263 g/mol. The van der Waals surface area contributed by atoms with Crippen LogP contribution in [0.4, 0.5) is 0 Å². The van der Waals surface area contributed by atoms with Crippen molar-refractivity contribution in [1.82, 2.24) is 4.98 Å². The second-order valence-corrected chi connectivity index (χ2v) is 20.0. The summed E-state index contributed by atoms with van der Waals surface area (Å²) in [6, 6.07) is 0. The second kappa shape index (κ2) is 2.81. The third kappa shape index (κ3) is 1.95. The molecule has 1 nitrogen and oxygen atoms in total. The number of aromatic nitrogens is 1. The van der Waals surface area contributed by atoms with Crippen molar-refractivity contribution in [1.29, 1.82) is 0 Å². The Morgan fingerprint density at radius 2 is 2.00 bits per heavy atom. The minimum absolute atomic E-state index is 1.35.